The van der Waals surface area contributed by atoms with E-state index in [4.69, 9.17) is 0 Å². The Morgan fingerprint density at radius 2 is 2.09 bits per heavy atom. The molecule has 0 spiro atoms. The molecule has 0 bridgehead atoms. The summed E-state index contributed by atoms with van der Waals surface area (Å²) in [6, 6.07) is 0.0681. The second kappa shape index (κ2) is 7.98. The van der Waals surface area contributed by atoms with Crippen molar-refractivity contribution < 1.29 is 4.79 Å². The van der Waals surface area contributed by atoms with Crippen molar-refractivity contribution in [3.05, 3.63) is 0 Å². The van der Waals surface area contributed by atoms with Crippen LogP contribution in [-0.2, 0) is 4.79 Å². The monoisotopic (exact) mass is 329 g/mol. The number of hydrogen-bond acceptors (Lipinski definition) is 3. The summed E-state index contributed by atoms with van der Waals surface area (Å²) < 4.78 is 0. The van der Waals surface area contributed by atoms with Crippen LogP contribution in [0.4, 0.5) is 0 Å². The van der Waals surface area contributed by atoms with E-state index in [1.165, 1.54) is 51.7 Å². The first kappa shape index (κ1) is 18.0. The van der Waals surface area contributed by atoms with Crippen molar-refractivity contribution in [2.24, 2.45) is 11.3 Å². The van der Waals surface area contributed by atoms with E-state index in [0.717, 1.165) is 25.9 Å². The second-order valence-corrected chi connectivity index (χ2v) is 7.80. The molecule has 5 heteroatoms. The fourth-order valence-electron chi connectivity index (χ4n) is 4.22. The van der Waals surface area contributed by atoms with E-state index in [9.17, 15) is 4.79 Å². The Hall–Kier alpha value is -0.320. The van der Waals surface area contributed by atoms with Gasteiger partial charge in [0.2, 0.25) is 5.91 Å². The van der Waals surface area contributed by atoms with Crippen LogP contribution in [0.5, 0.6) is 0 Å². The van der Waals surface area contributed by atoms with Crippen LogP contribution in [-0.4, -0.2) is 49.6 Å². The zero-order chi connectivity index (χ0) is 14.7. The molecular formula is C17H32ClN3O. The van der Waals surface area contributed by atoms with E-state index in [2.05, 4.69) is 22.5 Å². The number of carbonyl (C=O) groups excluding carboxylic acids is 1. The molecule has 128 valence electrons. The highest BCUT2D eigenvalue weighted by atomic mass is 35.5. The lowest BCUT2D eigenvalue weighted by molar-refractivity contribution is -0.123. The van der Waals surface area contributed by atoms with Gasteiger partial charge < -0.3 is 15.5 Å². The molecule has 2 unspecified atom stereocenters. The number of likely N-dealkylation sites (tertiary alicyclic amines) is 1. The smallest absolute Gasteiger partial charge is 0.237 e. The number of nitrogens with one attached hydrogen (secondary N) is 2. The molecule has 2 atom stereocenters. The van der Waals surface area contributed by atoms with Gasteiger partial charge in [0.1, 0.15) is 0 Å². The molecule has 0 aromatic carbocycles. The first-order valence-electron chi connectivity index (χ1n) is 8.88. The standard InChI is InChI=1S/C17H31N3O.ClH/c1-17(7-4-8-17)13-20-10-3-5-14(12-20)11-19-16(21)15-6-2-9-18-15;/h14-15,18H,2-13H2,1H3,(H,19,21);1H. The van der Waals surface area contributed by atoms with Crippen LogP contribution in [0.25, 0.3) is 0 Å². The Bertz CT molecular complexity index is 367. The van der Waals surface area contributed by atoms with Gasteiger partial charge in [-0.05, 0) is 62.9 Å². The number of rotatable bonds is 5. The van der Waals surface area contributed by atoms with E-state index < -0.39 is 0 Å². The summed E-state index contributed by atoms with van der Waals surface area (Å²) >= 11 is 0. The Morgan fingerprint density at radius 1 is 1.27 bits per heavy atom. The molecule has 2 saturated heterocycles. The van der Waals surface area contributed by atoms with Crippen LogP contribution < -0.4 is 10.6 Å². The maximum atomic E-state index is 12.1. The Kier molecular flexibility index (Phi) is 6.54. The second-order valence-electron chi connectivity index (χ2n) is 7.80. The molecule has 3 fully saturated rings. The molecule has 4 nitrogen and oxygen atoms in total. The number of piperidine rings is 1. The van der Waals surface area contributed by atoms with E-state index in [1.807, 2.05) is 0 Å². The van der Waals surface area contributed by atoms with Gasteiger partial charge in [0.25, 0.3) is 0 Å². The van der Waals surface area contributed by atoms with Crippen LogP contribution >= 0.6 is 12.4 Å². The molecule has 1 amide bonds. The average Bonchev–Trinajstić information content (AvgIpc) is 2.98. The lowest BCUT2D eigenvalue weighted by Crippen LogP contribution is -2.48. The minimum absolute atomic E-state index is 0. The van der Waals surface area contributed by atoms with Crippen LogP contribution in [0.15, 0.2) is 0 Å². The van der Waals surface area contributed by atoms with Gasteiger partial charge in [-0.3, -0.25) is 4.79 Å². The van der Waals surface area contributed by atoms with Crippen LogP contribution in [0.1, 0.15) is 51.9 Å². The van der Waals surface area contributed by atoms with Crippen molar-refractivity contribution in [2.45, 2.75) is 57.9 Å². The molecule has 3 aliphatic rings. The highest BCUT2D eigenvalue weighted by molar-refractivity contribution is 5.85. The quantitative estimate of drug-likeness (QED) is 0.812. The zero-order valence-corrected chi connectivity index (χ0v) is 14.7. The lowest BCUT2D eigenvalue weighted by Gasteiger charge is -2.44. The molecule has 2 N–H and O–H groups in total. The zero-order valence-electron chi connectivity index (χ0n) is 13.9. The number of halogens is 1. The van der Waals surface area contributed by atoms with Crippen molar-refractivity contribution >= 4 is 18.3 Å². The molecule has 1 aliphatic carbocycles. The van der Waals surface area contributed by atoms with Crippen molar-refractivity contribution in [1.29, 1.82) is 0 Å². The van der Waals surface area contributed by atoms with E-state index >= 15 is 0 Å². The largest absolute Gasteiger partial charge is 0.354 e. The van der Waals surface area contributed by atoms with Gasteiger partial charge in [0.15, 0.2) is 0 Å². The number of amides is 1. The molecule has 0 aromatic rings. The first-order chi connectivity index (χ1) is 10.1. The van der Waals surface area contributed by atoms with E-state index in [-0.39, 0.29) is 24.4 Å². The normalized spacial score (nSPS) is 31.1. The predicted octanol–water partition coefficient (Wildman–Crippen LogP) is 2.18. The molecule has 2 heterocycles. The SMILES string of the molecule is CC1(CN2CCCC(CNC(=O)C3CCCN3)C2)CCC1.Cl. The molecular weight excluding hydrogens is 298 g/mol. The maximum Gasteiger partial charge on any atom is 0.237 e. The van der Waals surface area contributed by atoms with Crippen molar-refractivity contribution in [2.75, 3.05) is 32.7 Å². The van der Waals surface area contributed by atoms with Crippen molar-refractivity contribution in [3.63, 3.8) is 0 Å². The Balaban J connectivity index is 0.00000176. The topological polar surface area (TPSA) is 44.4 Å². The van der Waals surface area contributed by atoms with Gasteiger partial charge in [0, 0.05) is 19.6 Å². The molecule has 2 aliphatic heterocycles. The van der Waals surface area contributed by atoms with Crippen molar-refractivity contribution in [1.82, 2.24) is 15.5 Å². The average molecular weight is 330 g/mol. The van der Waals surface area contributed by atoms with Gasteiger partial charge in [0.05, 0.1) is 6.04 Å². The van der Waals surface area contributed by atoms with Crippen molar-refractivity contribution in [3.8, 4) is 0 Å². The third-order valence-electron chi connectivity index (χ3n) is 5.71. The molecule has 22 heavy (non-hydrogen) atoms. The first-order valence-corrected chi connectivity index (χ1v) is 8.88. The van der Waals surface area contributed by atoms with Crippen LogP contribution in [0, 0.1) is 11.3 Å². The minimum atomic E-state index is 0. The molecule has 0 radical (unpaired) electrons. The van der Waals surface area contributed by atoms with Crippen LogP contribution in [0.3, 0.4) is 0 Å². The lowest BCUT2D eigenvalue weighted by atomic mass is 9.70. The highest BCUT2D eigenvalue weighted by Gasteiger charge is 2.35. The van der Waals surface area contributed by atoms with E-state index in [1.54, 1.807) is 0 Å². The summed E-state index contributed by atoms with van der Waals surface area (Å²) in [5.41, 5.74) is 0.582. The highest BCUT2D eigenvalue weighted by Crippen LogP contribution is 2.41. The molecule has 1 saturated carbocycles. The fourth-order valence-corrected chi connectivity index (χ4v) is 4.22. The summed E-state index contributed by atoms with van der Waals surface area (Å²) in [6.45, 7) is 7.99. The van der Waals surface area contributed by atoms with Gasteiger partial charge in [-0.2, -0.15) is 0 Å². The fraction of sp³-hybridized carbons (Fsp3) is 0.941. The van der Waals surface area contributed by atoms with Gasteiger partial charge in [-0.25, -0.2) is 0 Å². The van der Waals surface area contributed by atoms with Gasteiger partial charge in [-0.1, -0.05) is 13.3 Å². The summed E-state index contributed by atoms with van der Waals surface area (Å²) in [5.74, 6) is 0.864. The van der Waals surface area contributed by atoms with Gasteiger partial charge >= 0.3 is 0 Å². The maximum absolute atomic E-state index is 12.1. The number of nitrogens with zero attached hydrogens (tertiary/aromatic N) is 1. The summed E-state index contributed by atoms with van der Waals surface area (Å²) in [6.07, 6.45) is 8.91. The van der Waals surface area contributed by atoms with Crippen LogP contribution in [0.2, 0.25) is 0 Å². The minimum Gasteiger partial charge on any atom is -0.354 e. The predicted molar refractivity (Wildman–Crippen MR) is 92.4 cm³/mol. The summed E-state index contributed by atoms with van der Waals surface area (Å²) in [5, 5.41) is 6.45. The third kappa shape index (κ3) is 4.59. The summed E-state index contributed by atoms with van der Waals surface area (Å²) in [4.78, 5) is 14.7. The third-order valence-corrected chi connectivity index (χ3v) is 5.71. The Morgan fingerprint density at radius 3 is 2.73 bits per heavy atom. The molecule has 0 aromatic heterocycles. The number of hydrogen-bond donors (Lipinski definition) is 2. The van der Waals surface area contributed by atoms with E-state index in [0.29, 0.717) is 11.3 Å². The summed E-state index contributed by atoms with van der Waals surface area (Å²) in [7, 11) is 0. The van der Waals surface area contributed by atoms with Gasteiger partial charge in [-0.15, -0.1) is 12.4 Å². The molecule has 3 rings (SSSR count). The number of carbonyl (C=O) groups is 1. The Labute approximate surface area is 141 Å².